The second-order valence-corrected chi connectivity index (χ2v) is 4.62. The molecule has 1 heterocycles. The fraction of sp³-hybridized carbons (Fsp3) is 0.429. The van der Waals surface area contributed by atoms with Crippen molar-refractivity contribution in [2.24, 2.45) is 0 Å². The van der Waals surface area contributed by atoms with Gasteiger partial charge in [-0.05, 0) is 31.0 Å². The minimum absolute atomic E-state index is 0.0739. The van der Waals surface area contributed by atoms with Crippen LogP contribution in [0.2, 0.25) is 0 Å². The maximum atomic E-state index is 11.9. The van der Waals surface area contributed by atoms with Crippen LogP contribution in [0, 0.1) is 0 Å². The molecule has 0 aromatic heterocycles. The predicted molar refractivity (Wildman–Crippen MR) is 73.5 cm³/mol. The summed E-state index contributed by atoms with van der Waals surface area (Å²) in [4.78, 5) is 25.3. The first-order chi connectivity index (χ1) is 9.61. The summed E-state index contributed by atoms with van der Waals surface area (Å²) >= 11 is 0. The Morgan fingerprint density at radius 3 is 2.65 bits per heavy atom. The second kappa shape index (κ2) is 6.27. The number of methoxy groups -OCH3 is 1. The van der Waals surface area contributed by atoms with Gasteiger partial charge in [0.05, 0.1) is 7.11 Å². The Labute approximate surface area is 117 Å². The first kappa shape index (κ1) is 14.2. The third-order valence-electron chi connectivity index (χ3n) is 3.22. The Kier molecular flexibility index (Phi) is 4.45. The van der Waals surface area contributed by atoms with Crippen LogP contribution in [0.1, 0.15) is 23.2 Å². The number of hydrogen-bond acceptors (Lipinski definition) is 5. The van der Waals surface area contributed by atoms with E-state index < -0.39 is 5.97 Å². The van der Waals surface area contributed by atoms with Crippen LogP contribution in [0.15, 0.2) is 18.2 Å². The summed E-state index contributed by atoms with van der Waals surface area (Å²) in [5.74, 6) is -0.311. The summed E-state index contributed by atoms with van der Waals surface area (Å²) in [6.45, 7) is 1.45. The van der Waals surface area contributed by atoms with Gasteiger partial charge in [0.1, 0.15) is 11.3 Å². The smallest absolute Gasteiger partial charge is 0.341 e. The van der Waals surface area contributed by atoms with E-state index in [4.69, 9.17) is 10.5 Å². The van der Waals surface area contributed by atoms with Crippen molar-refractivity contribution in [3.05, 3.63) is 23.8 Å². The third kappa shape index (κ3) is 3.20. The van der Waals surface area contributed by atoms with Crippen molar-refractivity contribution in [3.8, 4) is 5.75 Å². The Morgan fingerprint density at radius 2 is 2.00 bits per heavy atom. The standard InChI is InChI=1S/C14H18N2O4/c1-19-14(18)11-8-10(15)4-5-12(11)20-9-13(17)16-6-2-3-7-16/h4-5,8H,2-3,6-7,9,15H2,1H3. The average Bonchev–Trinajstić information content (AvgIpc) is 2.99. The number of anilines is 1. The average molecular weight is 278 g/mol. The maximum absolute atomic E-state index is 11.9. The molecule has 1 amide bonds. The summed E-state index contributed by atoms with van der Waals surface area (Å²) in [5, 5.41) is 0. The third-order valence-corrected chi connectivity index (χ3v) is 3.22. The normalized spacial score (nSPS) is 14.2. The highest BCUT2D eigenvalue weighted by Crippen LogP contribution is 2.22. The van der Waals surface area contributed by atoms with Crippen molar-refractivity contribution in [2.75, 3.05) is 32.5 Å². The summed E-state index contributed by atoms with van der Waals surface area (Å²) in [7, 11) is 1.28. The van der Waals surface area contributed by atoms with Crippen LogP contribution in [0.4, 0.5) is 5.69 Å². The number of nitrogens with two attached hydrogens (primary N) is 1. The second-order valence-electron chi connectivity index (χ2n) is 4.62. The quantitative estimate of drug-likeness (QED) is 0.657. The number of esters is 1. The summed E-state index contributed by atoms with van der Waals surface area (Å²) < 4.78 is 10.1. The van der Waals surface area contributed by atoms with Gasteiger partial charge in [-0.25, -0.2) is 4.79 Å². The van der Waals surface area contributed by atoms with Crippen molar-refractivity contribution >= 4 is 17.6 Å². The van der Waals surface area contributed by atoms with Gasteiger partial charge in [0.25, 0.3) is 5.91 Å². The number of rotatable bonds is 4. The van der Waals surface area contributed by atoms with Crippen LogP contribution in [-0.4, -0.2) is 43.6 Å². The molecule has 0 radical (unpaired) electrons. The minimum atomic E-state index is -0.541. The topological polar surface area (TPSA) is 81.9 Å². The summed E-state index contributed by atoms with van der Waals surface area (Å²) in [5.41, 5.74) is 6.29. The molecule has 1 aromatic carbocycles. The Hall–Kier alpha value is -2.24. The zero-order chi connectivity index (χ0) is 14.5. The van der Waals surface area contributed by atoms with Crippen LogP contribution in [-0.2, 0) is 9.53 Å². The van der Waals surface area contributed by atoms with E-state index in [2.05, 4.69) is 4.74 Å². The molecule has 1 aromatic rings. The fourth-order valence-corrected chi connectivity index (χ4v) is 2.14. The minimum Gasteiger partial charge on any atom is -0.483 e. The molecule has 6 heteroatoms. The number of nitrogen functional groups attached to an aromatic ring is 1. The van der Waals surface area contributed by atoms with Crippen molar-refractivity contribution in [1.82, 2.24) is 4.90 Å². The highest BCUT2D eigenvalue weighted by molar-refractivity contribution is 5.93. The molecule has 108 valence electrons. The molecule has 0 bridgehead atoms. The predicted octanol–water partition coefficient (Wildman–Crippen LogP) is 1.06. The SMILES string of the molecule is COC(=O)c1cc(N)ccc1OCC(=O)N1CCCC1. The number of hydrogen-bond donors (Lipinski definition) is 1. The van der Waals surface area contributed by atoms with Crippen molar-refractivity contribution in [1.29, 1.82) is 0 Å². The number of amides is 1. The molecule has 1 fully saturated rings. The monoisotopic (exact) mass is 278 g/mol. The molecule has 0 aliphatic carbocycles. The Morgan fingerprint density at radius 1 is 1.30 bits per heavy atom. The van der Waals surface area contributed by atoms with Gasteiger partial charge >= 0.3 is 5.97 Å². The van der Waals surface area contributed by atoms with E-state index in [-0.39, 0.29) is 18.1 Å². The highest BCUT2D eigenvalue weighted by atomic mass is 16.5. The fourth-order valence-electron chi connectivity index (χ4n) is 2.14. The molecule has 2 rings (SSSR count). The lowest BCUT2D eigenvalue weighted by atomic mass is 10.2. The van der Waals surface area contributed by atoms with Crippen LogP contribution < -0.4 is 10.5 Å². The van der Waals surface area contributed by atoms with Crippen LogP contribution in [0.5, 0.6) is 5.75 Å². The summed E-state index contributed by atoms with van der Waals surface area (Å²) in [6.07, 6.45) is 2.06. The molecule has 2 N–H and O–H groups in total. The molecule has 0 unspecified atom stereocenters. The van der Waals surface area contributed by atoms with Gasteiger partial charge in [0.15, 0.2) is 6.61 Å². The molecule has 1 aliphatic heterocycles. The molecular weight excluding hydrogens is 260 g/mol. The number of benzene rings is 1. The number of carbonyl (C=O) groups excluding carboxylic acids is 2. The number of carbonyl (C=O) groups is 2. The van der Waals surface area contributed by atoms with E-state index in [1.54, 1.807) is 17.0 Å². The molecule has 1 aliphatic rings. The molecular formula is C14H18N2O4. The van der Waals surface area contributed by atoms with Crippen molar-refractivity contribution < 1.29 is 19.1 Å². The molecule has 20 heavy (non-hydrogen) atoms. The largest absolute Gasteiger partial charge is 0.483 e. The highest BCUT2D eigenvalue weighted by Gasteiger charge is 2.20. The van der Waals surface area contributed by atoms with Gasteiger partial charge in [-0.2, -0.15) is 0 Å². The van der Waals surface area contributed by atoms with Gasteiger partial charge in [-0.3, -0.25) is 4.79 Å². The van der Waals surface area contributed by atoms with Gasteiger partial charge < -0.3 is 20.1 Å². The van der Waals surface area contributed by atoms with Crippen LogP contribution in [0.25, 0.3) is 0 Å². The number of nitrogens with zero attached hydrogens (tertiary/aromatic N) is 1. The Bertz CT molecular complexity index is 510. The van der Waals surface area contributed by atoms with E-state index in [9.17, 15) is 9.59 Å². The lowest BCUT2D eigenvalue weighted by Crippen LogP contribution is -2.32. The van der Waals surface area contributed by atoms with Crippen LogP contribution >= 0.6 is 0 Å². The van der Waals surface area contributed by atoms with E-state index in [0.717, 1.165) is 25.9 Å². The van der Waals surface area contributed by atoms with E-state index >= 15 is 0 Å². The maximum Gasteiger partial charge on any atom is 0.341 e. The van der Waals surface area contributed by atoms with Crippen LogP contribution in [0.3, 0.4) is 0 Å². The van der Waals surface area contributed by atoms with Gasteiger partial charge in [-0.1, -0.05) is 0 Å². The number of likely N-dealkylation sites (tertiary alicyclic amines) is 1. The Balaban J connectivity index is 2.05. The zero-order valence-electron chi connectivity index (χ0n) is 11.4. The molecule has 6 nitrogen and oxygen atoms in total. The first-order valence-corrected chi connectivity index (χ1v) is 6.50. The van der Waals surface area contributed by atoms with Crippen molar-refractivity contribution in [3.63, 3.8) is 0 Å². The molecule has 0 atom stereocenters. The van der Waals surface area contributed by atoms with E-state index in [0.29, 0.717) is 11.4 Å². The lowest BCUT2D eigenvalue weighted by Gasteiger charge is -2.16. The summed E-state index contributed by atoms with van der Waals surface area (Å²) in [6, 6.07) is 4.66. The zero-order valence-corrected chi connectivity index (χ0v) is 11.4. The van der Waals surface area contributed by atoms with Gasteiger partial charge in [-0.15, -0.1) is 0 Å². The number of ether oxygens (including phenoxy) is 2. The molecule has 1 saturated heterocycles. The van der Waals surface area contributed by atoms with Crippen molar-refractivity contribution in [2.45, 2.75) is 12.8 Å². The van der Waals surface area contributed by atoms with E-state index in [1.165, 1.54) is 13.2 Å². The molecule has 0 spiro atoms. The van der Waals surface area contributed by atoms with Gasteiger partial charge in [0.2, 0.25) is 0 Å². The molecule has 0 saturated carbocycles. The first-order valence-electron chi connectivity index (χ1n) is 6.50. The van der Waals surface area contributed by atoms with E-state index in [1.807, 2.05) is 0 Å². The lowest BCUT2D eigenvalue weighted by molar-refractivity contribution is -0.132. The van der Waals surface area contributed by atoms with Gasteiger partial charge in [0, 0.05) is 18.8 Å².